The topological polar surface area (TPSA) is 112 Å². The summed E-state index contributed by atoms with van der Waals surface area (Å²) < 4.78 is 27.7. The molecule has 3 N–H and O–H groups in total. The zero-order valence-corrected chi connectivity index (χ0v) is 21.3. The monoisotopic (exact) mass is 518 g/mol. The molecule has 3 aliphatic heterocycles. The Hall–Kier alpha value is -2.53. The van der Waals surface area contributed by atoms with Crippen molar-refractivity contribution in [2.75, 3.05) is 50.2 Å². The van der Waals surface area contributed by atoms with Gasteiger partial charge in [0.15, 0.2) is 5.82 Å². The van der Waals surface area contributed by atoms with Gasteiger partial charge < -0.3 is 29.8 Å². The number of anilines is 2. The first-order valence-corrected chi connectivity index (χ1v) is 12.8. The molecule has 3 saturated heterocycles. The minimum atomic E-state index is -0.408. The third-order valence-electron chi connectivity index (χ3n) is 6.94. The van der Waals surface area contributed by atoms with E-state index in [2.05, 4.69) is 33.3 Å². The molecule has 2 aromatic heterocycles. The molecule has 0 spiro atoms. The van der Waals surface area contributed by atoms with Gasteiger partial charge in [-0.15, -0.1) is 0 Å². The van der Waals surface area contributed by atoms with Gasteiger partial charge in [-0.05, 0) is 38.8 Å². The fourth-order valence-corrected chi connectivity index (χ4v) is 5.37. The zero-order chi connectivity index (χ0) is 25.4. The van der Waals surface area contributed by atoms with Crippen molar-refractivity contribution in [3.05, 3.63) is 29.2 Å². The van der Waals surface area contributed by atoms with Crippen LogP contribution in [0.1, 0.15) is 32.7 Å². The Bertz CT molecular complexity index is 1220. The van der Waals surface area contributed by atoms with Crippen LogP contribution in [0.3, 0.4) is 0 Å². The van der Waals surface area contributed by atoms with Crippen LogP contribution in [0.25, 0.3) is 22.3 Å². The lowest BCUT2D eigenvalue weighted by molar-refractivity contribution is -0.00535. The predicted octanol–water partition coefficient (Wildman–Crippen LogP) is 3.69. The minimum absolute atomic E-state index is 0.0915. The Balaban J connectivity index is 0.000000330. The molecule has 36 heavy (non-hydrogen) atoms. The molecule has 0 radical (unpaired) electrons. The Morgan fingerprint density at radius 1 is 1.14 bits per heavy atom. The van der Waals surface area contributed by atoms with Crippen LogP contribution in [0, 0.1) is 17.7 Å². The van der Waals surface area contributed by atoms with Gasteiger partial charge in [0, 0.05) is 43.1 Å². The Kier molecular flexibility index (Phi) is 7.30. The van der Waals surface area contributed by atoms with Crippen molar-refractivity contribution in [3.8, 4) is 11.3 Å². The Morgan fingerprint density at radius 2 is 1.89 bits per heavy atom. The first-order chi connectivity index (χ1) is 17.3. The molecular weight excluding hydrogens is 487 g/mol. The van der Waals surface area contributed by atoms with Crippen LogP contribution >= 0.6 is 11.6 Å². The number of aliphatic hydroxyl groups excluding tert-OH is 1. The van der Waals surface area contributed by atoms with Crippen molar-refractivity contribution in [2.45, 2.75) is 38.8 Å². The maximum absolute atomic E-state index is 15.1. The van der Waals surface area contributed by atoms with Crippen LogP contribution in [0.15, 0.2) is 18.3 Å². The maximum Gasteiger partial charge on any atom is 0.220 e. The number of halogens is 2. The van der Waals surface area contributed by atoms with Crippen molar-refractivity contribution in [2.24, 2.45) is 11.8 Å². The quantitative estimate of drug-likeness (QED) is 0.540. The number of benzene rings is 1. The first-order valence-electron chi connectivity index (χ1n) is 12.4. The predicted molar refractivity (Wildman–Crippen MR) is 137 cm³/mol. The molecule has 1 aromatic carbocycles. The number of hydrogen-bond acceptors (Lipinski definition) is 8. The number of fused-ring (bicyclic) bond motifs is 2. The van der Waals surface area contributed by atoms with E-state index in [1.54, 1.807) is 0 Å². The number of nitrogens with two attached hydrogens (primary N) is 1. The number of nitrogens with zero attached hydrogens (tertiary/aromatic N) is 5. The highest BCUT2D eigenvalue weighted by molar-refractivity contribution is 6.33. The number of aliphatic hydroxyl groups is 1. The fraction of sp³-hybridized carbons (Fsp3) is 0.560. The molecule has 6 rings (SSSR count). The summed E-state index contributed by atoms with van der Waals surface area (Å²) in [6.07, 6.45) is 3.17. The van der Waals surface area contributed by atoms with Gasteiger partial charge in [0.05, 0.1) is 48.4 Å². The van der Waals surface area contributed by atoms with Gasteiger partial charge in [0.25, 0.3) is 0 Å². The van der Waals surface area contributed by atoms with Gasteiger partial charge in [-0.2, -0.15) is 0 Å². The highest BCUT2D eigenvalue weighted by Crippen LogP contribution is 2.37. The van der Waals surface area contributed by atoms with Crippen molar-refractivity contribution >= 4 is 34.5 Å². The van der Waals surface area contributed by atoms with E-state index in [1.165, 1.54) is 12.3 Å². The normalized spacial score (nSPS) is 23.7. The van der Waals surface area contributed by atoms with E-state index in [9.17, 15) is 0 Å². The summed E-state index contributed by atoms with van der Waals surface area (Å²) >= 11 is 6.25. The number of ether oxygens (including phenoxy) is 2. The highest BCUT2D eigenvalue weighted by Gasteiger charge is 2.39. The summed E-state index contributed by atoms with van der Waals surface area (Å²) in [5.74, 6) is 1.51. The molecule has 11 heteroatoms. The maximum atomic E-state index is 15.1. The number of imidazole rings is 1. The molecule has 0 amide bonds. The number of nitrogen functional groups attached to an aromatic ring is 1. The third kappa shape index (κ3) is 5.00. The van der Waals surface area contributed by atoms with Crippen LogP contribution in [0.4, 0.5) is 16.3 Å². The molecule has 3 atom stereocenters. The second-order valence-electron chi connectivity index (χ2n) is 9.96. The molecular formula is C25H32ClFN6O3. The van der Waals surface area contributed by atoms with Gasteiger partial charge in [-0.1, -0.05) is 11.6 Å². The highest BCUT2D eigenvalue weighted by atomic mass is 35.5. The number of hydrogen-bond donors (Lipinski definition) is 2. The summed E-state index contributed by atoms with van der Waals surface area (Å²) in [4.78, 5) is 15.0. The lowest BCUT2D eigenvalue weighted by Crippen LogP contribution is -2.26. The van der Waals surface area contributed by atoms with Crippen LogP contribution in [-0.4, -0.2) is 70.2 Å². The summed E-state index contributed by atoms with van der Waals surface area (Å²) in [6, 6.07) is 3.39. The molecule has 3 aromatic rings. The number of rotatable bonds is 3. The molecule has 0 aliphatic carbocycles. The second-order valence-corrected chi connectivity index (χ2v) is 10.4. The van der Waals surface area contributed by atoms with E-state index in [0.29, 0.717) is 45.8 Å². The van der Waals surface area contributed by atoms with E-state index in [4.69, 9.17) is 36.9 Å². The third-order valence-corrected chi connectivity index (χ3v) is 7.22. The van der Waals surface area contributed by atoms with Gasteiger partial charge in [-0.25, -0.2) is 19.3 Å². The summed E-state index contributed by atoms with van der Waals surface area (Å²) in [7, 11) is 0. The molecule has 0 bridgehead atoms. The van der Waals surface area contributed by atoms with Crippen LogP contribution in [0.5, 0.6) is 0 Å². The average molecular weight is 519 g/mol. The van der Waals surface area contributed by atoms with Crippen LogP contribution in [0.2, 0.25) is 5.02 Å². The Labute approximate surface area is 214 Å². The van der Waals surface area contributed by atoms with Crippen molar-refractivity contribution in [1.82, 2.24) is 19.5 Å². The Morgan fingerprint density at radius 3 is 2.50 bits per heavy atom. The molecule has 0 saturated carbocycles. The van der Waals surface area contributed by atoms with Gasteiger partial charge in [0.1, 0.15) is 5.52 Å². The van der Waals surface area contributed by atoms with E-state index in [0.717, 1.165) is 51.7 Å². The van der Waals surface area contributed by atoms with E-state index in [1.807, 2.05) is 6.07 Å². The van der Waals surface area contributed by atoms with Gasteiger partial charge in [0.2, 0.25) is 11.9 Å². The first kappa shape index (κ1) is 25.1. The summed E-state index contributed by atoms with van der Waals surface area (Å²) in [6.45, 7) is 8.85. The van der Waals surface area contributed by atoms with E-state index < -0.39 is 5.82 Å². The molecule has 9 nitrogen and oxygen atoms in total. The molecule has 194 valence electrons. The molecule has 5 heterocycles. The zero-order valence-electron chi connectivity index (χ0n) is 20.5. The molecule has 3 fully saturated rings. The van der Waals surface area contributed by atoms with Crippen LogP contribution in [-0.2, 0) is 9.47 Å². The van der Waals surface area contributed by atoms with Crippen molar-refractivity contribution in [3.63, 3.8) is 0 Å². The van der Waals surface area contributed by atoms with Crippen molar-refractivity contribution in [1.29, 1.82) is 0 Å². The van der Waals surface area contributed by atoms with E-state index in [-0.39, 0.29) is 18.1 Å². The van der Waals surface area contributed by atoms with E-state index >= 15 is 4.39 Å². The molecule has 3 aliphatic rings. The smallest absolute Gasteiger partial charge is 0.220 e. The molecule has 3 unspecified atom stereocenters. The standard InChI is InChI=1S/C20H22ClFN6O.C5H10O2/c1-10(2)28-16-4-11(17-14(21)5-24-19(23)25-17)3-15(22)18(16)26-20(28)27-6-12-8-29-9-13(12)7-27;6-5-2-1-3-7-4-5/h3-5,10,12-13H,6-9H2,1-2H3,(H2,23,24,25);5-6H,1-4H2. The number of aromatic nitrogens is 4. The second kappa shape index (κ2) is 10.5. The minimum Gasteiger partial charge on any atom is -0.391 e. The fourth-order valence-electron chi connectivity index (χ4n) is 5.17. The average Bonchev–Trinajstić information content (AvgIpc) is 3.54. The lowest BCUT2D eigenvalue weighted by Gasteiger charge is -2.22. The van der Waals surface area contributed by atoms with Gasteiger partial charge >= 0.3 is 0 Å². The summed E-state index contributed by atoms with van der Waals surface area (Å²) in [5.41, 5.74) is 7.74. The van der Waals surface area contributed by atoms with Gasteiger partial charge in [-0.3, -0.25) is 0 Å². The SMILES string of the molecule is CC(C)n1c(N2CC3COCC3C2)nc2c(F)cc(-c3nc(N)ncc3Cl)cc21.OC1CCCOC1. The van der Waals surface area contributed by atoms with Crippen LogP contribution < -0.4 is 10.6 Å². The lowest BCUT2D eigenvalue weighted by atomic mass is 10.0. The summed E-state index contributed by atoms with van der Waals surface area (Å²) in [5, 5.41) is 9.10. The largest absolute Gasteiger partial charge is 0.391 e. The van der Waals surface area contributed by atoms with Crippen molar-refractivity contribution < 1.29 is 19.0 Å².